The third-order valence-corrected chi connectivity index (χ3v) is 10.4. The molecule has 0 aromatic rings. The first-order valence-corrected chi connectivity index (χ1v) is 8.85. The van der Waals surface area contributed by atoms with Gasteiger partial charge in [0.25, 0.3) is 0 Å². The van der Waals surface area contributed by atoms with Gasteiger partial charge in [-0.3, -0.25) is 0 Å². The highest BCUT2D eigenvalue weighted by Gasteiger charge is 2.86. The zero-order valence-electron chi connectivity index (χ0n) is 9.45. The van der Waals surface area contributed by atoms with Gasteiger partial charge in [-0.25, -0.2) is 0 Å². The monoisotopic (exact) mass is 398 g/mol. The number of allylic oxidation sites excluding steroid dienone is 2. The van der Waals surface area contributed by atoms with Crippen LogP contribution in [0, 0.1) is 23.7 Å². The van der Waals surface area contributed by atoms with E-state index in [1.165, 1.54) is 0 Å². The maximum Gasteiger partial charge on any atom is 0.166 e. The average molecular weight is 401 g/mol. The maximum atomic E-state index is 6.80. The van der Waals surface area contributed by atoms with Crippen LogP contribution in [0.5, 0.6) is 0 Å². The Bertz CT molecular complexity index is 514. The lowest BCUT2D eigenvalue weighted by atomic mass is 9.72. The molecule has 0 amide bonds. The van der Waals surface area contributed by atoms with E-state index >= 15 is 0 Å². The molecule has 106 valence electrons. The molecule has 0 saturated heterocycles. The number of rotatable bonds is 0. The van der Waals surface area contributed by atoms with E-state index in [4.69, 9.17) is 81.2 Å². The topological polar surface area (TPSA) is 0 Å². The fourth-order valence-corrected chi connectivity index (χ4v) is 8.61. The molecule has 4 rings (SSSR count). The van der Waals surface area contributed by atoms with Crippen molar-refractivity contribution in [3.05, 3.63) is 10.1 Å². The zero-order chi connectivity index (χ0) is 14.0. The quantitative estimate of drug-likeness (QED) is 0.360. The van der Waals surface area contributed by atoms with Crippen LogP contribution < -0.4 is 0 Å². The smallest absolute Gasteiger partial charge is 0.123 e. The van der Waals surface area contributed by atoms with Crippen molar-refractivity contribution < 1.29 is 0 Å². The summed E-state index contributed by atoms with van der Waals surface area (Å²) in [5.41, 5.74) is 0. The number of hydrogen-bond donors (Lipinski definition) is 0. The molecule has 0 radical (unpaired) electrons. The fourth-order valence-electron chi connectivity index (χ4n) is 4.97. The Kier molecular flexibility index (Phi) is 2.88. The summed E-state index contributed by atoms with van der Waals surface area (Å²) < 4.78 is -1.40. The van der Waals surface area contributed by atoms with Gasteiger partial charge in [0.05, 0.1) is 10.1 Å². The number of alkyl halides is 5. The van der Waals surface area contributed by atoms with Gasteiger partial charge in [0.1, 0.15) is 9.75 Å². The van der Waals surface area contributed by atoms with Crippen molar-refractivity contribution in [1.29, 1.82) is 0 Å². The Morgan fingerprint density at radius 1 is 0.842 bits per heavy atom. The second-order valence-electron chi connectivity index (χ2n) is 6.09. The highest BCUT2D eigenvalue weighted by Crippen LogP contribution is 2.82. The van der Waals surface area contributed by atoms with Crippen LogP contribution >= 0.6 is 81.2 Å². The Morgan fingerprint density at radius 3 is 1.95 bits per heavy atom. The van der Waals surface area contributed by atoms with Gasteiger partial charge >= 0.3 is 0 Å². The second kappa shape index (κ2) is 3.81. The average Bonchev–Trinajstić information content (AvgIpc) is 2.95. The molecule has 3 saturated carbocycles. The predicted octanol–water partition coefficient (Wildman–Crippen LogP) is 5.71. The number of hydrogen-bond acceptors (Lipinski definition) is 0. The Balaban J connectivity index is 1.99. The third-order valence-electron chi connectivity index (χ3n) is 5.59. The van der Waals surface area contributed by atoms with Gasteiger partial charge in [-0.05, 0) is 36.5 Å². The van der Waals surface area contributed by atoms with E-state index in [-0.39, 0.29) is 23.1 Å². The van der Waals surface area contributed by atoms with E-state index in [0.29, 0.717) is 16.0 Å². The first-order valence-electron chi connectivity index (χ1n) is 6.15. The summed E-state index contributed by atoms with van der Waals surface area (Å²) in [6.45, 7) is 0. The molecule has 7 atom stereocenters. The van der Waals surface area contributed by atoms with Gasteiger partial charge in [-0.1, -0.05) is 46.4 Å². The van der Waals surface area contributed by atoms with Crippen molar-refractivity contribution >= 4 is 81.2 Å². The molecule has 0 heterocycles. The normalized spacial score (nSPS) is 61.1. The summed E-state index contributed by atoms with van der Waals surface area (Å²) in [6.07, 6.45) is 1.92. The largest absolute Gasteiger partial charge is 0.166 e. The Hall–Kier alpha value is 1.77. The van der Waals surface area contributed by atoms with E-state index in [1.54, 1.807) is 0 Å². The first-order chi connectivity index (χ1) is 8.69. The molecular formula is C12H9Cl7. The van der Waals surface area contributed by atoms with Crippen LogP contribution in [-0.2, 0) is 0 Å². The van der Waals surface area contributed by atoms with Gasteiger partial charge < -0.3 is 0 Å². The first kappa shape index (κ1) is 14.4. The summed E-state index contributed by atoms with van der Waals surface area (Å²) in [4.78, 5) is -2.20. The molecule has 0 spiro atoms. The van der Waals surface area contributed by atoms with Crippen molar-refractivity contribution in [2.75, 3.05) is 0 Å². The van der Waals surface area contributed by atoms with Crippen molar-refractivity contribution in [3.8, 4) is 0 Å². The van der Waals surface area contributed by atoms with Crippen LogP contribution in [0.3, 0.4) is 0 Å². The summed E-state index contributed by atoms with van der Waals surface area (Å²) in [6, 6.07) is 0. The lowest BCUT2D eigenvalue weighted by Gasteiger charge is -2.41. The van der Waals surface area contributed by atoms with E-state index in [2.05, 4.69) is 0 Å². The molecule has 0 nitrogen and oxygen atoms in total. The molecule has 4 bridgehead atoms. The van der Waals surface area contributed by atoms with Crippen molar-refractivity contribution in [3.63, 3.8) is 0 Å². The number of fused-ring (bicyclic) bond motifs is 9. The summed E-state index contributed by atoms with van der Waals surface area (Å²) in [7, 11) is 0. The molecule has 19 heavy (non-hydrogen) atoms. The molecule has 0 aliphatic heterocycles. The molecule has 3 fully saturated rings. The minimum atomic E-state index is -1.40. The lowest BCUT2D eigenvalue weighted by Crippen LogP contribution is -2.46. The molecule has 7 heteroatoms. The van der Waals surface area contributed by atoms with Crippen molar-refractivity contribution in [1.82, 2.24) is 0 Å². The van der Waals surface area contributed by atoms with E-state index in [0.717, 1.165) is 12.8 Å². The van der Waals surface area contributed by atoms with Crippen LogP contribution in [0.15, 0.2) is 10.1 Å². The molecular weight excluding hydrogens is 392 g/mol. The van der Waals surface area contributed by atoms with Crippen LogP contribution in [0.4, 0.5) is 0 Å². The van der Waals surface area contributed by atoms with Crippen LogP contribution in [-0.4, -0.2) is 19.5 Å². The summed E-state index contributed by atoms with van der Waals surface area (Å²) in [5, 5.41) is 0.707. The molecule has 0 N–H and O–H groups in total. The Labute approximate surface area is 146 Å². The maximum absolute atomic E-state index is 6.80. The van der Waals surface area contributed by atoms with E-state index < -0.39 is 14.1 Å². The second-order valence-corrected chi connectivity index (χ2v) is 9.93. The predicted molar refractivity (Wildman–Crippen MR) is 83.2 cm³/mol. The highest BCUT2D eigenvalue weighted by atomic mass is 35.5. The van der Waals surface area contributed by atoms with Crippen LogP contribution in [0.2, 0.25) is 0 Å². The third kappa shape index (κ3) is 1.21. The van der Waals surface area contributed by atoms with Gasteiger partial charge in [0.15, 0.2) is 4.33 Å². The molecule has 4 aliphatic carbocycles. The highest BCUT2D eigenvalue weighted by molar-refractivity contribution is 6.65. The van der Waals surface area contributed by atoms with Gasteiger partial charge in [-0.15, -0.1) is 34.8 Å². The summed E-state index contributed by atoms with van der Waals surface area (Å²) >= 11 is 45.8. The Morgan fingerprint density at radius 2 is 1.37 bits per heavy atom. The van der Waals surface area contributed by atoms with Crippen LogP contribution in [0.1, 0.15) is 12.8 Å². The lowest BCUT2D eigenvalue weighted by molar-refractivity contribution is 0.222. The zero-order valence-corrected chi connectivity index (χ0v) is 14.7. The van der Waals surface area contributed by atoms with Crippen LogP contribution in [0.25, 0.3) is 0 Å². The van der Waals surface area contributed by atoms with Gasteiger partial charge in [0.2, 0.25) is 0 Å². The minimum Gasteiger partial charge on any atom is -0.123 e. The van der Waals surface area contributed by atoms with E-state index in [1.807, 2.05) is 0 Å². The SMILES string of the molecule is ClC1=C(Cl)[C@@]2(Cl)[C@@H]3[C@@H]4C[C@@H](C[C@@H]4Cl)[C@H]3[C@@]1(Cl)C2(Cl)Cl. The van der Waals surface area contributed by atoms with Crippen molar-refractivity contribution in [2.24, 2.45) is 23.7 Å². The van der Waals surface area contributed by atoms with Crippen molar-refractivity contribution in [2.45, 2.75) is 32.3 Å². The number of halogens is 7. The minimum absolute atomic E-state index is 0.00193. The van der Waals surface area contributed by atoms with E-state index in [9.17, 15) is 0 Å². The molecule has 0 aromatic heterocycles. The van der Waals surface area contributed by atoms with Gasteiger partial charge in [-0.2, -0.15) is 0 Å². The standard InChI is InChI=1S/C12H9Cl7/c13-5-2-3-1-4(5)7-6(3)10(16)8(14)9(15)11(7,17)12(10,18)19/h3-7H,1-2H2/t3-,4+,5-,6+,7+,10-,11-/m0/s1. The molecule has 0 unspecified atom stereocenters. The molecule has 4 aliphatic rings. The summed E-state index contributed by atoms with van der Waals surface area (Å²) in [5.74, 6) is 0.672. The molecule has 0 aromatic carbocycles. The fraction of sp³-hybridized carbons (Fsp3) is 0.833. The van der Waals surface area contributed by atoms with Gasteiger partial charge in [0, 0.05) is 5.38 Å².